The van der Waals surface area contributed by atoms with E-state index in [0.717, 1.165) is 13.1 Å². The zero-order chi connectivity index (χ0) is 16.4. The van der Waals surface area contributed by atoms with Gasteiger partial charge in [-0.25, -0.2) is 9.37 Å². The van der Waals surface area contributed by atoms with Gasteiger partial charge in [-0.05, 0) is 25.1 Å². The summed E-state index contributed by atoms with van der Waals surface area (Å²) >= 11 is 0. The predicted molar refractivity (Wildman–Crippen MR) is 85.1 cm³/mol. The van der Waals surface area contributed by atoms with Crippen LogP contribution in [0.5, 0.6) is 0 Å². The number of aromatic nitrogens is 2. The van der Waals surface area contributed by atoms with E-state index in [4.69, 9.17) is 0 Å². The molecule has 2 aromatic rings. The molecule has 3 rings (SSSR count). The van der Waals surface area contributed by atoms with Crippen LogP contribution in [0.4, 0.5) is 4.39 Å². The molecule has 1 amide bonds. The molecule has 1 aliphatic heterocycles. The van der Waals surface area contributed by atoms with E-state index in [2.05, 4.69) is 15.6 Å². The molecule has 6 heteroatoms. The normalized spacial score (nSPS) is 17.3. The van der Waals surface area contributed by atoms with E-state index in [1.165, 1.54) is 6.07 Å². The van der Waals surface area contributed by atoms with Crippen LogP contribution in [0.1, 0.15) is 24.4 Å². The van der Waals surface area contributed by atoms with Crippen molar-refractivity contribution in [2.45, 2.75) is 13.0 Å². The molecule has 1 aromatic carbocycles. The Morgan fingerprint density at radius 2 is 2.17 bits per heavy atom. The molecule has 0 bridgehead atoms. The molecule has 5 nitrogen and oxygen atoms in total. The van der Waals surface area contributed by atoms with E-state index in [9.17, 15) is 9.18 Å². The summed E-state index contributed by atoms with van der Waals surface area (Å²) in [5, 5.41) is 6.15. The third-order valence-electron chi connectivity index (χ3n) is 4.55. The van der Waals surface area contributed by atoms with Gasteiger partial charge in [0.2, 0.25) is 5.91 Å². The smallest absolute Gasteiger partial charge is 0.224 e. The Hall–Kier alpha value is -2.21. The minimum atomic E-state index is -0.598. The van der Waals surface area contributed by atoms with Crippen LogP contribution < -0.4 is 10.6 Å². The maximum Gasteiger partial charge on any atom is 0.224 e. The molecule has 0 aliphatic carbocycles. The molecule has 0 spiro atoms. The second kappa shape index (κ2) is 6.50. The SMILES string of the molecule is CC(C(=O)NC(c1ccccc1F)c1nccn1C)C1CNC1. The van der Waals surface area contributed by atoms with Crippen molar-refractivity contribution in [3.63, 3.8) is 0 Å². The summed E-state index contributed by atoms with van der Waals surface area (Å²) in [6, 6.07) is 5.89. The maximum atomic E-state index is 14.3. The van der Waals surface area contributed by atoms with Crippen LogP contribution in [0.2, 0.25) is 0 Å². The van der Waals surface area contributed by atoms with Crippen LogP contribution in [0.25, 0.3) is 0 Å². The molecule has 2 atom stereocenters. The molecular weight excluding hydrogens is 295 g/mol. The highest BCUT2D eigenvalue weighted by Crippen LogP contribution is 2.25. The second-order valence-electron chi connectivity index (χ2n) is 6.07. The summed E-state index contributed by atoms with van der Waals surface area (Å²) in [4.78, 5) is 16.9. The molecular formula is C17H21FN4O. The van der Waals surface area contributed by atoms with Gasteiger partial charge in [0.05, 0.1) is 0 Å². The average molecular weight is 316 g/mol. The predicted octanol–water partition coefficient (Wildman–Crippen LogP) is 1.62. The standard InChI is InChI=1S/C17H21FN4O/c1-11(12-9-19-10-12)17(23)21-15(16-20-7-8-22(16)2)13-5-3-4-6-14(13)18/h3-8,11-12,15,19H,9-10H2,1-2H3,(H,21,23). The molecule has 1 fully saturated rings. The summed E-state index contributed by atoms with van der Waals surface area (Å²) in [7, 11) is 1.83. The topological polar surface area (TPSA) is 59.0 Å². The first kappa shape index (κ1) is 15.7. The molecule has 2 N–H and O–H groups in total. The number of hydrogen-bond acceptors (Lipinski definition) is 3. The Balaban J connectivity index is 1.88. The van der Waals surface area contributed by atoms with Crippen LogP contribution in [-0.4, -0.2) is 28.5 Å². The van der Waals surface area contributed by atoms with Crippen molar-refractivity contribution in [2.24, 2.45) is 18.9 Å². The first-order valence-corrected chi connectivity index (χ1v) is 7.80. The molecule has 1 aliphatic rings. The summed E-state index contributed by atoms with van der Waals surface area (Å²) in [6.45, 7) is 3.61. The number of benzene rings is 1. The fraction of sp³-hybridized carbons (Fsp3) is 0.412. The summed E-state index contributed by atoms with van der Waals surface area (Å²) < 4.78 is 16.1. The third kappa shape index (κ3) is 3.12. The Labute approximate surface area is 134 Å². The largest absolute Gasteiger partial charge is 0.342 e. The van der Waals surface area contributed by atoms with E-state index < -0.39 is 6.04 Å². The lowest BCUT2D eigenvalue weighted by Crippen LogP contribution is -2.50. The quantitative estimate of drug-likeness (QED) is 0.881. The molecule has 2 heterocycles. The lowest BCUT2D eigenvalue weighted by atomic mass is 9.88. The Bertz CT molecular complexity index is 695. The van der Waals surface area contributed by atoms with Gasteiger partial charge in [-0.15, -0.1) is 0 Å². The summed E-state index contributed by atoms with van der Waals surface area (Å²) in [5.41, 5.74) is 0.425. The van der Waals surface area contributed by atoms with Crippen LogP contribution in [0, 0.1) is 17.7 Å². The number of halogens is 1. The number of carbonyl (C=O) groups excluding carboxylic acids is 1. The molecule has 0 saturated carbocycles. The van der Waals surface area contributed by atoms with Gasteiger partial charge in [0.1, 0.15) is 17.7 Å². The van der Waals surface area contributed by atoms with Gasteiger partial charge in [-0.3, -0.25) is 4.79 Å². The van der Waals surface area contributed by atoms with Crippen molar-refractivity contribution in [1.29, 1.82) is 0 Å². The number of carbonyl (C=O) groups is 1. The highest BCUT2D eigenvalue weighted by Gasteiger charge is 2.31. The first-order chi connectivity index (χ1) is 11.1. The molecule has 0 radical (unpaired) electrons. The Kier molecular flexibility index (Phi) is 4.43. The monoisotopic (exact) mass is 316 g/mol. The van der Waals surface area contributed by atoms with Crippen LogP contribution in [0.3, 0.4) is 0 Å². The van der Waals surface area contributed by atoms with Crippen molar-refractivity contribution in [3.8, 4) is 0 Å². The van der Waals surface area contributed by atoms with Crippen LogP contribution in [-0.2, 0) is 11.8 Å². The van der Waals surface area contributed by atoms with Crippen molar-refractivity contribution < 1.29 is 9.18 Å². The van der Waals surface area contributed by atoms with Crippen molar-refractivity contribution in [1.82, 2.24) is 20.2 Å². The van der Waals surface area contributed by atoms with Gasteiger partial charge in [-0.1, -0.05) is 25.1 Å². The Morgan fingerprint density at radius 1 is 1.43 bits per heavy atom. The van der Waals surface area contributed by atoms with Crippen molar-refractivity contribution in [2.75, 3.05) is 13.1 Å². The molecule has 2 unspecified atom stereocenters. The number of rotatable bonds is 5. The van der Waals surface area contributed by atoms with E-state index in [0.29, 0.717) is 17.3 Å². The third-order valence-corrected chi connectivity index (χ3v) is 4.55. The van der Waals surface area contributed by atoms with E-state index in [1.54, 1.807) is 35.2 Å². The number of imidazole rings is 1. The molecule has 122 valence electrons. The first-order valence-electron chi connectivity index (χ1n) is 7.80. The van der Waals surface area contributed by atoms with Crippen molar-refractivity contribution >= 4 is 5.91 Å². The lowest BCUT2D eigenvalue weighted by molar-refractivity contribution is -0.127. The fourth-order valence-corrected chi connectivity index (χ4v) is 2.80. The number of nitrogens with zero attached hydrogens (tertiary/aromatic N) is 2. The maximum absolute atomic E-state index is 14.3. The van der Waals surface area contributed by atoms with Crippen LogP contribution >= 0.6 is 0 Å². The second-order valence-corrected chi connectivity index (χ2v) is 6.07. The van der Waals surface area contributed by atoms with Gasteiger partial charge in [0.25, 0.3) is 0 Å². The summed E-state index contributed by atoms with van der Waals surface area (Å²) in [5.74, 6) is 0.400. The summed E-state index contributed by atoms with van der Waals surface area (Å²) in [6.07, 6.45) is 3.43. The molecule has 1 saturated heterocycles. The highest BCUT2D eigenvalue weighted by atomic mass is 19.1. The number of nitrogens with one attached hydrogen (secondary N) is 2. The number of aryl methyl sites for hydroxylation is 1. The van der Waals surface area contributed by atoms with Gasteiger partial charge in [0.15, 0.2) is 0 Å². The minimum absolute atomic E-state index is 0.0762. The average Bonchev–Trinajstić information content (AvgIpc) is 2.89. The van der Waals surface area contributed by atoms with Gasteiger partial charge < -0.3 is 15.2 Å². The Morgan fingerprint density at radius 3 is 2.74 bits per heavy atom. The van der Waals surface area contributed by atoms with Crippen molar-refractivity contribution in [3.05, 3.63) is 53.9 Å². The van der Waals surface area contributed by atoms with E-state index >= 15 is 0 Å². The number of hydrogen-bond donors (Lipinski definition) is 2. The molecule has 1 aromatic heterocycles. The van der Waals surface area contributed by atoms with Crippen LogP contribution in [0.15, 0.2) is 36.7 Å². The zero-order valence-electron chi connectivity index (χ0n) is 13.3. The minimum Gasteiger partial charge on any atom is -0.342 e. The number of amides is 1. The van der Waals surface area contributed by atoms with E-state index in [-0.39, 0.29) is 17.6 Å². The van der Waals surface area contributed by atoms with Gasteiger partial charge in [-0.2, -0.15) is 0 Å². The fourth-order valence-electron chi connectivity index (χ4n) is 2.80. The lowest BCUT2D eigenvalue weighted by Gasteiger charge is -2.32. The highest BCUT2D eigenvalue weighted by molar-refractivity contribution is 5.79. The zero-order valence-corrected chi connectivity index (χ0v) is 13.3. The van der Waals surface area contributed by atoms with E-state index in [1.807, 2.05) is 14.0 Å². The van der Waals surface area contributed by atoms with Gasteiger partial charge >= 0.3 is 0 Å². The molecule has 23 heavy (non-hydrogen) atoms. The van der Waals surface area contributed by atoms with Gasteiger partial charge in [0, 0.05) is 30.9 Å².